The van der Waals surface area contributed by atoms with Gasteiger partial charge in [-0.15, -0.1) is 11.3 Å². The van der Waals surface area contributed by atoms with Crippen LogP contribution in [0.2, 0.25) is 0 Å². The molecule has 1 heteroatoms. The van der Waals surface area contributed by atoms with Gasteiger partial charge < -0.3 is 0 Å². The molecule has 0 amide bonds. The van der Waals surface area contributed by atoms with Gasteiger partial charge in [0.15, 0.2) is 0 Å². The molecule has 1 heterocycles. The van der Waals surface area contributed by atoms with Crippen LogP contribution in [0.4, 0.5) is 0 Å². The summed E-state index contributed by atoms with van der Waals surface area (Å²) in [5, 5.41) is 10.3. The summed E-state index contributed by atoms with van der Waals surface area (Å²) in [5.74, 6) is 0. The van der Waals surface area contributed by atoms with E-state index in [9.17, 15) is 0 Å². The van der Waals surface area contributed by atoms with Crippen molar-refractivity contribution >= 4 is 63.8 Å². The number of hydrogen-bond acceptors (Lipinski definition) is 1. The van der Waals surface area contributed by atoms with Crippen molar-refractivity contribution in [2.24, 2.45) is 0 Å². The van der Waals surface area contributed by atoms with Gasteiger partial charge in [0.25, 0.3) is 0 Å². The Bertz CT molecular complexity index is 2850. The lowest BCUT2D eigenvalue weighted by Gasteiger charge is -2.20. The van der Waals surface area contributed by atoms with E-state index in [0.717, 1.165) is 0 Å². The minimum atomic E-state index is 1.22. The molecule has 0 spiro atoms. The van der Waals surface area contributed by atoms with Crippen LogP contribution in [0.5, 0.6) is 0 Å². The molecule has 0 saturated heterocycles. The summed E-state index contributed by atoms with van der Waals surface area (Å²) in [6.45, 7) is 0. The molecule has 0 nitrogen and oxygen atoms in total. The largest absolute Gasteiger partial charge is 0.135 e. The van der Waals surface area contributed by atoms with E-state index in [1.165, 1.54) is 97.0 Å². The van der Waals surface area contributed by atoms with Crippen LogP contribution in [-0.4, -0.2) is 0 Å². The minimum Gasteiger partial charge on any atom is -0.135 e. The molecule has 0 saturated carbocycles. The molecule has 49 heavy (non-hydrogen) atoms. The molecule has 10 rings (SSSR count). The lowest BCUT2D eigenvalue weighted by Crippen LogP contribution is -1.92. The summed E-state index contributed by atoms with van der Waals surface area (Å²) in [5.41, 5.74) is 10.0. The molecule has 0 unspecified atom stereocenters. The first-order chi connectivity index (χ1) is 24.3. The van der Waals surface area contributed by atoms with Crippen LogP contribution in [0.25, 0.3) is 97.0 Å². The van der Waals surface area contributed by atoms with E-state index in [4.69, 9.17) is 0 Å². The van der Waals surface area contributed by atoms with Crippen LogP contribution in [0.1, 0.15) is 0 Å². The van der Waals surface area contributed by atoms with Gasteiger partial charge in [-0.2, -0.15) is 0 Å². The first-order valence-electron chi connectivity index (χ1n) is 16.8. The van der Waals surface area contributed by atoms with E-state index in [1.54, 1.807) is 0 Å². The third-order valence-corrected chi connectivity index (χ3v) is 11.3. The highest BCUT2D eigenvalue weighted by molar-refractivity contribution is 7.26. The number of benzene rings is 9. The molecule has 0 N–H and O–H groups in total. The molecule has 9 aromatic carbocycles. The molecule has 0 atom stereocenters. The van der Waals surface area contributed by atoms with Crippen molar-refractivity contribution in [2.75, 3.05) is 0 Å². The predicted octanol–water partition coefficient (Wildman–Crippen LogP) is 14.2. The molecule has 0 fully saturated rings. The summed E-state index contributed by atoms with van der Waals surface area (Å²) in [6.07, 6.45) is 0. The van der Waals surface area contributed by atoms with E-state index in [2.05, 4.69) is 182 Å². The predicted molar refractivity (Wildman–Crippen MR) is 214 cm³/mol. The van der Waals surface area contributed by atoms with Crippen LogP contribution in [0.15, 0.2) is 182 Å². The number of hydrogen-bond donors (Lipinski definition) is 0. The molecule has 10 aromatic rings. The smallest absolute Gasteiger partial charge is 0.0433 e. The molecular formula is C48H30S. The van der Waals surface area contributed by atoms with Crippen LogP contribution in [-0.2, 0) is 0 Å². The van der Waals surface area contributed by atoms with Crippen LogP contribution in [0.3, 0.4) is 0 Å². The molecule has 1 aromatic heterocycles. The van der Waals surface area contributed by atoms with Crippen LogP contribution in [0, 0.1) is 0 Å². The zero-order chi connectivity index (χ0) is 32.3. The Morgan fingerprint density at radius 3 is 1.67 bits per heavy atom. The summed E-state index contributed by atoms with van der Waals surface area (Å²) in [7, 11) is 0. The Hall–Kier alpha value is -6.02. The molecular weight excluding hydrogens is 609 g/mol. The second-order valence-corrected chi connectivity index (χ2v) is 13.9. The third-order valence-electron chi connectivity index (χ3n) is 10.1. The topological polar surface area (TPSA) is 0 Å². The molecule has 0 bridgehead atoms. The van der Waals surface area contributed by atoms with Crippen molar-refractivity contribution in [1.29, 1.82) is 0 Å². The standard InChI is InChI=1S/C48H30S/c1-2-12-31(13-3-1)32-24-26-34(27-25-32)46-40-18-6-7-19-41(40)47(39-21-10-15-33-14-4-5-16-36(33)39)42-29-28-35(30-44(42)46)37-20-11-22-43-38-17-8-9-23-45(38)49-48(37)43/h1-30H. The van der Waals surface area contributed by atoms with Gasteiger partial charge in [-0.25, -0.2) is 0 Å². The van der Waals surface area contributed by atoms with Crippen molar-refractivity contribution in [3.63, 3.8) is 0 Å². The summed E-state index contributed by atoms with van der Waals surface area (Å²) in [4.78, 5) is 0. The second kappa shape index (κ2) is 11.3. The van der Waals surface area contributed by atoms with Gasteiger partial charge in [-0.3, -0.25) is 0 Å². The normalized spacial score (nSPS) is 11.7. The van der Waals surface area contributed by atoms with Gasteiger partial charge in [0.1, 0.15) is 0 Å². The van der Waals surface area contributed by atoms with E-state index >= 15 is 0 Å². The molecule has 0 aliphatic rings. The van der Waals surface area contributed by atoms with Crippen LogP contribution < -0.4 is 0 Å². The fraction of sp³-hybridized carbons (Fsp3) is 0. The van der Waals surface area contributed by atoms with Crippen molar-refractivity contribution in [3.05, 3.63) is 182 Å². The Kier molecular flexibility index (Phi) is 6.47. The number of thiophene rings is 1. The first-order valence-corrected chi connectivity index (χ1v) is 17.7. The summed E-state index contributed by atoms with van der Waals surface area (Å²) < 4.78 is 2.67. The van der Waals surface area contributed by atoms with Gasteiger partial charge in [-0.1, -0.05) is 170 Å². The van der Waals surface area contributed by atoms with Gasteiger partial charge in [0, 0.05) is 20.2 Å². The van der Waals surface area contributed by atoms with E-state index in [-0.39, 0.29) is 0 Å². The fourth-order valence-corrected chi connectivity index (χ4v) is 9.06. The maximum Gasteiger partial charge on any atom is 0.0433 e. The Labute approximate surface area is 289 Å². The molecule has 0 aliphatic carbocycles. The second-order valence-electron chi connectivity index (χ2n) is 12.8. The Balaban J connectivity index is 1.30. The SMILES string of the molecule is c1ccc(-c2ccc(-c3c4ccccc4c(-c4cccc5ccccc45)c4ccc(-c5cccc6c5sc5ccccc56)cc34)cc2)cc1. The van der Waals surface area contributed by atoms with Gasteiger partial charge in [0.2, 0.25) is 0 Å². The Morgan fingerprint density at radius 2 is 0.837 bits per heavy atom. The number of rotatable bonds is 4. The molecule has 0 aliphatic heterocycles. The summed E-state index contributed by atoms with van der Waals surface area (Å²) >= 11 is 1.89. The first kappa shape index (κ1) is 28.0. The highest BCUT2D eigenvalue weighted by Gasteiger charge is 2.20. The van der Waals surface area contributed by atoms with E-state index < -0.39 is 0 Å². The van der Waals surface area contributed by atoms with Crippen molar-refractivity contribution in [3.8, 4) is 44.5 Å². The van der Waals surface area contributed by atoms with Gasteiger partial charge >= 0.3 is 0 Å². The van der Waals surface area contributed by atoms with Gasteiger partial charge in [0.05, 0.1) is 0 Å². The molecule has 0 radical (unpaired) electrons. The zero-order valence-electron chi connectivity index (χ0n) is 26.7. The average Bonchev–Trinajstić information content (AvgIpc) is 3.56. The third kappa shape index (κ3) is 4.51. The maximum atomic E-state index is 2.45. The van der Waals surface area contributed by atoms with E-state index in [0.29, 0.717) is 0 Å². The summed E-state index contributed by atoms with van der Waals surface area (Å²) in [6, 6.07) is 67.0. The highest BCUT2D eigenvalue weighted by atomic mass is 32.1. The fourth-order valence-electron chi connectivity index (χ4n) is 7.82. The zero-order valence-corrected chi connectivity index (χ0v) is 27.5. The number of fused-ring (bicyclic) bond motifs is 6. The van der Waals surface area contributed by atoms with Gasteiger partial charge in [-0.05, 0) is 89.0 Å². The molecule has 228 valence electrons. The average molecular weight is 639 g/mol. The van der Waals surface area contributed by atoms with Crippen molar-refractivity contribution in [2.45, 2.75) is 0 Å². The lowest BCUT2D eigenvalue weighted by atomic mass is 9.83. The maximum absolute atomic E-state index is 2.45. The lowest BCUT2D eigenvalue weighted by molar-refractivity contribution is 1.61. The van der Waals surface area contributed by atoms with E-state index in [1.807, 2.05) is 11.3 Å². The monoisotopic (exact) mass is 638 g/mol. The highest BCUT2D eigenvalue weighted by Crippen LogP contribution is 2.47. The van der Waals surface area contributed by atoms with Crippen LogP contribution >= 0.6 is 11.3 Å². The Morgan fingerprint density at radius 1 is 0.286 bits per heavy atom. The van der Waals surface area contributed by atoms with Crippen molar-refractivity contribution < 1.29 is 0 Å². The van der Waals surface area contributed by atoms with Crippen molar-refractivity contribution in [1.82, 2.24) is 0 Å². The quantitative estimate of drug-likeness (QED) is 0.168. The minimum absolute atomic E-state index is 1.22.